The zero-order chi connectivity index (χ0) is 30.2. The first-order valence-corrected chi connectivity index (χ1v) is 16.3. The van der Waals surface area contributed by atoms with E-state index in [-0.39, 0.29) is 38.6 Å². The number of unbranched alkanes of at least 4 members (excludes halogenated alkanes) is 14. The van der Waals surface area contributed by atoms with E-state index in [1.807, 2.05) is 0 Å². The number of nitrogens with zero attached hydrogens (tertiary/aromatic N) is 1. The number of ether oxygens (including phenoxy) is 4. The third-order valence-electron chi connectivity index (χ3n) is 6.93. The average molecular weight is 586 g/mol. The molecule has 240 valence electrons. The van der Waals surface area contributed by atoms with Crippen LogP contribution in [-0.4, -0.2) is 57.5 Å². The van der Waals surface area contributed by atoms with Crippen molar-refractivity contribution in [3.8, 4) is 0 Å². The number of nitroso groups, excluding NO2 is 1. The Kier molecular flexibility index (Phi) is 29.7. The average Bonchev–Trinajstić information content (AvgIpc) is 2.97. The van der Waals surface area contributed by atoms with E-state index in [4.69, 9.17) is 18.9 Å². The Hall–Kier alpha value is -1.87. The van der Waals surface area contributed by atoms with Crippen molar-refractivity contribution in [2.24, 2.45) is 11.1 Å². The molecule has 41 heavy (non-hydrogen) atoms. The zero-order valence-electron chi connectivity index (χ0n) is 26.1. The van der Waals surface area contributed by atoms with Crippen molar-refractivity contribution in [2.75, 3.05) is 33.0 Å². The van der Waals surface area contributed by atoms with Gasteiger partial charge < -0.3 is 23.7 Å². The minimum absolute atomic E-state index is 0.0195. The molecule has 1 atom stereocenters. The second kappa shape index (κ2) is 31.1. The Bertz CT molecular complexity index is 613. The minimum atomic E-state index is -0.475. The maximum Gasteiger partial charge on any atom is 0.305 e. The molecule has 0 spiro atoms. The normalized spacial score (nSPS) is 11.9. The lowest BCUT2D eigenvalue weighted by Crippen LogP contribution is -2.24. The predicted octanol–water partition coefficient (Wildman–Crippen LogP) is 7.86. The van der Waals surface area contributed by atoms with Crippen molar-refractivity contribution < 1.29 is 33.3 Å². The maximum atomic E-state index is 12.4. The molecule has 0 amide bonds. The number of carbonyl (C=O) groups is 3. The molecule has 0 aliphatic rings. The van der Waals surface area contributed by atoms with E-state index in [1.54, 1.807) is 0 Å². The molecule has 0 aliphatic heterocycles. The lowest BCUT2D eigenvalue weighted by Gasteiger charge is -2.19. The number of hydrogen-bond acceptors (Lipinski definition) is 9. The molecule has 0 aromatic heterocycles. The highest BCUT2D eigenvalue weighted by molar-refractivity contribution is 5.69. The number of carbonyl (C=O) groups excluding carboxylic acids is 3. The molecule has 9 heteroatoms. The molecule has 1 unspecified atom stereocenters. The standard InChI is InChI=1S/C32H59NO8/c1-3-5-7-9-14-18-24-38-32(39-25-19-15-10-8-6-4-2)22-21-31(36)41-28-29(26-33-37)27-40-30(35)20-16-12-11-13-17-23-34/h23,29,32H,3-22,24-28H2,1-2H3. The lowest BCUT2D eigenvalue weighted by molar-refractivity contribution is -0.160. The molecule has 0 saturated carbocycles. The van der Waals surface area contributed by atoms with Gasteiger partial charge in [0, 0.05) is 32.5 Å². The summed E-state index contributed by atoms with van der Waals surface area (Å²) in [4.78, 5) is 45.6. The number of aldehydes is 1. The van der Waals surface area contributed by atoms with Gasteiger partial charge in [-0.15, -0.1) is 0 Å². The van der Waals surface area contributed by atoms with Gasteiger partial charge in [0.15, 0.2) is 6.29 Å². The fourth-order valence-electron chi connectivity index (χ4n) is 4.32. The van der Waals surface area contributed by atoms with Crippen molar-refractivity contribution in [3.63, 3.8) is 0 Å². The van der Waals surface area contributed by atoms with E-state index in [1.165, 1.54) is 51.4 Å². The summed E-state index contributed by atoms with van der Waals surface area (Å²) in [5, 5.41) is 2.90. The first kappa shape index (κ1) is 39.1. The molecule has 0 aromatic rings. The molecular weight excluding hydrogens is 526 g/mol. The predicted molar refractivity (Wildman–Crippen MR) is 162 cm³/mol. The van der Waals surface area contributed by atoms with Crippen LogP contribution in [0.4, 0.5) is 0 Å². The molecule has 0 fully saturated rings. The Labute approximate surface area is 249 Å². The van der Waals surface area contributed by atoms with Crippen molar-refractivity contribution in [2.45, 2.75) is 149 Å². The van der Waals surface area contributed by atoms with Crippen molar-refractivity contribution in [3.05, 3.63) is 4.91 Å². The third-order valence-corrected chi connectivity index (χ3v) is 6.93. The molecule has 0 N–H and O–H groups in total. The minimum Gasteiger partial charge on any atom is -0.465 e. The summed E-state index contributed by atoms with van der Waals surface area (Å²) in [6, 6.07) is 0. The topological polar surface area (TPSA) is 118 Å². The van der Waals surface area contributed by atoms with Gasteiger partial charge in [-0.3, -0.25) is 9.59 Å². The first-order valence-electron chi connectivity index (χ1n) is 16.3. The van der Waals surface area contributed by atoms with Crippen LogP contribution in [0.1, 0.15) is 142 Å². The Morgan fingerprint density at radius 1 is 0.659 bits per heavy atom. The Morgan fingerprint density at radius 2 is 1.15 bits per heavy atom. The molecule has 0 aromatic carbocycles. The summed E-state index contributed by atoms with van der Waals surface area (Å²) < 4.78 is 22.6. The van der Waals surface area contributed by atoms with Gasteiger partial charge in [0.2, 0.25) is 0 Å². The van der Waals surface area contributed by atoms with E-state index >= 15 is 0 Å². The van der Waals surface area contributed by atoms with E-state index in [9.17, 15) is 19.3 Å². The van der Waals surface area contributed by atoms with Crippen LogP contribution < -0.4 is 0 Å². The number of hydrogen-bond donors (Lipinski definition) is 0. The summed E-state index contributed by atoms with van der Waals surface area (Å²) in [5.74, 6) is -1.23. The van der Waals surface area contributed by atoms with Crippen LogP contribution >= 0.6 is 0 Å². The summed E-state index contributed by atoms with van der Waals surface area (Å²) in [6.07, 6.45) is 19.2. The van der Waals surface area contributed by atoms with Crippen molar-refractivity contribution in [1.29, 1.82) is 0 Å². The second-order valence-electron chi connectivity index (χ2n) is 10.9. The van der Waals surface area contributed by atoms with Crippen LogP contribution in [0.15, 0.2) is 5.18 Å². The van der Waals surface area contributed by atoms with Gasteiger partial charge in [-0.2, -0.15) is 4.91 Å². The summed E-state index contributed by atoms with van der Waals surface area (Å²) in [6.45, 7) is 5.48. The zero-order valence-corrected chi connectivity index (χ0v) is 26.1. The van der Waals surface area contributed by atoms with Crippen molar-refractivity contribution in [1.82, 2.24) is 0 Å². The largest absolute Gasteiger partial charge is 0.465 e. The van der Waals surface area contributed by atoms with Gasteiger partial charge in [0.1, 0.15) is 6.29 Å². The molecule has 0 bridgehead atoms. The Balaban J connectivity index is 4.37. The Morgan fingerprint density at radius 3 is 1.68 bits per heavy atom. The molecule has 0 radical (unpaired) electrons. The molecule has 0 heterocycles. The summed E-state index contributed by atoms with van der Waals surface area (Å²) in [7, 11) is 0. The van der Waals surface area contributed by atoms with Crippen LogP contribution in [-0.2, 0) is 33.3 Å². The first-order chi connectivity index (χ1) is 20.1. The van der Waals surface area contributed by atoms with Crippen LogP contribution in [0, 0.1) is 10.8 Å². The molecule has 0 rings (SSSR count). The number of rotatable bonds is 32. The lowest BCUT2D eigenvalue weighted by atomic mass is 10.1. The van der Waals surface area contributed by atoms with Crippen LogP contribution in [0.5, 0.6) is 0 Å². The van der Waals surface area contributed by atoms with Gasteiger partial charge in [-0.05, 0) is 25.7 Å². The fourth-order valence-corrected chi connectivity index (χ4v) is 4.32. The van der Waals surface area contributed by atoms with E-state index in [0.717, 1.165) is 51.2 Å². The van der Waals surface area contributed by atoms with Gasteiger partial charge in [-0.25, -0.2) is 0 Å². The van der Waals surface area contributed by atoms with Gasteiger partial charge in [-0.1, -0.05) is 96.1 Å². The molecular formula is C32H59NO8. The SMILES string of the molecule is CCCCCCCCOC(CCC(=O)OCC(CN=O)COC(=O)CCCCCCC=O)OCCCCCCCC. The monoisotopic (exact) mass is 585 g/mol. The molecule has 0 aliphatic carbocycles. The van der Waals surface area contributed by atoms with E-state index in [0.29, 0.717) is 32.5 Å². The molecule has 9 nitrogen and oxygen atoms in total. The van der Waals surface area contributed by atoms with Crippen LogP contribution in [0.25, 0.3) is 0 Å². The highest BCUT2D eigenvalue weighted by Crippen LogP contribution is 2.13. The molecule has 0 saturated heterocycles. The van der Waals surface area contributed by atoms with Crippen LogP contribution in [0.2, 0.25) is 0 Å². The fraction of sp³-hybridized carbons (Fsp3) is 0.906. The van der Waals surface area contributed by atoms with E-state index in [2.05, 4.69) is 19.0 Å². The van der Waals surface area contributed by atoms with Gasteiger partial charge in [0.05, 0.1) is 32.1 Å². The highest BCUT2D eigenvalue weighted by atomic mass is 16.7. The smallest absolute Gasteiger partial charge is 0.305 e. The highest BCUT2D eigenvalue weighted by Gasteiger charge is 2.18. The van der Waals surface area contributed by atoms with Gasteiger partial charge in [0.25, 0.3) is 0 Å². The van der Waals surface area contributed by atoms with Crippen LogP contribution in [0.3, 0.4) is 0 Å². The third kappa shape index (κ3) is 28.0. The summed E-state index contributed by atoms with van der Waals surface area (Å²) in [5.41, 5.74) is 0. The van der Waals surface area contributed by atoms with Crippen molar-refractivity contribution >= 4 is 18.2 Å². The quantitative estimate of drug-likeness (QED) is 0.0257. The maximum absolute atomic E-state index is 12.4. The second-order valence-corrected chi connectivity index (χ2v) is 10.9. The van der Waals surface area contributed by atoms with E-state index < -0.39 is 18.2 Å². The number of esters is 2. The summed E-state index contributed by atoms with van der Waals surface area (Å²) >= 11 is 0. The van der Waals surface area contributed by atoms with Gasteiger partial charge >= 0.3 is 11.9 Å².